The molecule has 6 aromatic carbocycles. The summed E-state index contributed by atoms with van der Waals surface area (Å²) < 4.78 is 2.21. The number of likely N-dealkylation sites (N-methyl/N-ethyl adjacent to an activating group) is 2. The third-order valence-corrected chi connectivity index (χ3v) is 11.4. The Kier molecular flexibility index (Phi) is 7.74. The standard InChI is InChI=1S/C47H40N6/c1-48-25-43-35-9-5-3-7-33(35)37-15-11-29(21-41(37)43)19-31-13-17-39-40-18-14-32(24-46(40)53(45(39)23-31)47-51-27-50-28-52-47)20-30-12-16-38-34-8-4-6-10-36(34)44(26-49-2)42(38)22-30/h3-18,21-24,27-28,43-44,48-49H,19-20,25-26H2,1-2H3. The van der Waals surface area contributed by atoms with Crippen LogP contribution < -0.4 is 10.6 Å². The molecule has 8 aromatic rings. The zero-order valence-corrected chi connectivity index (χ0v) is 30.0. The first kappa shape index (κ1) is 31.8. The van der Waals surface area contributed by atoms with E-state index in [9.17, 15) is 0 Å². The number of benzene rings is 6. The molecular weight excluding hydrogens is 649 g/mol. The smallest absolute Gasteiger partial charge is 0.237 e. The molecule has 53 heavy (non-hydrogen) atoms. The molecule has 2 aliphatic carbocycles. The second-order valence-corrected chi connectivity index (χ2v) is 14.6. The molecule has 0 spiro atoms. The maximum Gasteiger partial charge on any atom is 0.237 e. The van der Waals surface area contributed by atoms with Gasteiger partial charge in [-0.05, 0) is 106 Å². The predicted octanol–water partition coefficient (Wildman–Crippen LogP) is 8.81. The van der Waals surface area contributed by atoms with Crippen LogP contribution in [0.2, 0.25) is 0 Å². The van der Waals surface area contributed by atoms with Crippen LogP contribution in [-0.2, 0) is 12.8 Å². The molecular formula is C47H40N6. The van der Waals surface area contributed by atoms with Crippen LogP contribution in [0, 0.1) is 0 Å². The molecule has 0 fully saturated rings. The van der Waals surface area contributed by atoms with E-state index in [1.807, 2.05) is 14.1 Å². The molecule has 0 saturated heterocycles. The molecule has 2 unspecified atom stereocenters. The molecule has 6 heteroatoms. The average molecular weight is 689 g/mol. The average Bonchev–Trinajstić information content (AvgIpc) is 3.80. The van der Waals surface area contributed by atoms with E-state index in [1.54, 1.807) is 12.7 Å². The summed E-state index contributed by atoms with van der Waals surface area (Å²) in [4.78, 5) is 13.4. The van der Waals surface area contributed by atoms with Crippen molar-refractivity contribution < 1.29 is 0 Å². The fraction of sp³-hybridized carbons (Fsp3) is 0.170. The minimum atomic E-state index is 0.358. The second-order valence-electron chi connectivity index (χ2n) is 14.6. The van der Waals surface area contributed by atoms with Gasteiger partial charge in [0.25, 0.3) is 0 Å². The topological polar surface area (TPSA) is 67.7 Å². The van der Waals surface area contributed by atoms with Crippen LogP contribution >= 0.6 is 0 Å². The van der Waals surface area contributed by atoms with Crippen molar-refractivity contribution in [2.75, 3.05) is 27.2 Å². The van der Waals surface area contributed by atoms with Gasteiger partial charge in [0.15, 0.2) is 0 Å². The fourth-order valence-electron chi connectivity index (χ4n) is 9.15. The van der Waals surface area contributed by atoms with Crippen LogP contribution in [-0.4, -0.2) is 46.7 Å². The molecule has 10 rings (SSSR count). The number of hydrogen-bond acceptors (Lipinski definition) is 5. The molecule has 258 valence electrons. The molecule has 0 saturated carbocycles. The lowest BCUT2D eigenvalue weighted by Gasteiger charge is -2.14. The summed E-state index contributed by atoms with van der Waals surface area (Å²) in [6.07, 6.45) is 4.85. The highest BCUT2D eigenvalue weighted by molar-refractivity contribution is 6.09. The van der Waals surface area contributed by atoms with E-state index in [4.69, 9.17) is 0 Å². The van der Waals surface area contributed by atoms with Crippen LogP contribution in [0.4, 0.5) is 0 Å². The van der Waals surface area contributed by atoms with E-state index in [-0.39, 0.29) is 0 Å². The summed E-state index contributed by atoms with van der Waals surface area (Å²) >= 11 is 0. The molecule has 2 N–H and O–H groups in total. The highest BCUT2D eigenvalue weighted by Crippen LogP contribution is 2.46. The maximum atomic E-state index is 4.65. The van der Waals surface area contributed by atoms with Gasteiger partial charge in [0.1, 0.15) is 12.7 Å². The van der Waals surface area contributed by atoms with Crippen molar-refractivity contribution in [2.24, 2.45) is 0 Å². The Hall–Kier alpha value is -5.95. The predicted molar refractivity (Wildman–Crippen MR) is 215 cm³/mol. The lowest BCUT2D eigenvalue weighted by atomic mass is 9.93. The lowest BCUT2D eigenvalue weighted by Crippen LogP contribution is -2.16. The SMILES string of the molecule is CNCC1c2ccccc2-c2ccc(Cc3ccc4c5ccc(Cc6ccc7c(c6)C(CNC)c6ccccc6-7)cc5n(-c5ncncn5)c4c3)cc21. The van der Waals surface area contributed by atoms with Gasteiger partial charge in [0.05, 0.1) is 11.0 Å². The Morgan fingerprint density at radius 2 is 0.925 bits per heavy atom. The Morgan fingerprint density at radius 1 is 0.491 bits per heavy atom. The number of nitrogens with zero attached hydrogens (tertiary/aromatic N) is 4. The first-order chi connectivity index (χ1) is 26.2. The summed E-state index contributed by atoms with van der Waals surface area (Å²) in [5.74, 6) is 1.35. The zero-order chi connectivity index (χ0) is 35.5. The molecule has 6 nitrogen and oxygen atoms in total. The Bertz CT molecular complexity index is 2510. The van der Waals surface area contributed by atoms with Crippen LogP contribution in [0.15, 0.2) is 134 Å². The Labute approximate surface area is 309 Å². The van der Waals surface area contributed by atoms with Crippen molar-refractivity contribution in [3.63, 3.8) is 0 Å². The Balaban J connectivity index is 1.02. The molecule has 2 aromatic heterocycles. The van der Waals surface area contributed by atoms with Gasteiger partial charge in [-0.25, -0.2) is 15.0 Å². The fourth-order valence-corrected chi connectivity index (χ4v) is 9.15. The van der Waals surface area contributed by atoms with Crippen molar-refractivity contribution >= 4 is 21.8 Å². The normalized spacial score (nSPS) is 15.4. The minimum Gasteiger partial charge on any atom is -0.319 e. The van der Waals surface area contributed by atoms with E-state index in [2.05, 4.69) is 151 Å². The van der Waals surface area contributed by atoms with Gasteiger partial charge in [-0.1, -0.05) is 109 Å². The summed E-state index contributed by atoms with van der Waals surface area (Å²) in [7, 11) is 4.09. The Morgan fingerprint density at radius 3 is 1.42 bits per heavy atom. The largest absolute Gasteiger partial charge is 0.319 e. The van der Waals surface area contributed by atoms with Crippen molar-refractivity contribution in [1.29, 1.82) is 0 Å². The van der Waals surface area contributed by atoms with Crippen LogP contribution in [0.25, 0.3) is 50.0 Å². The molecule has 2 atom stereocenters. The van der Waals surface area contributed by atoms with Gasteiger partial charge < -0.3 is 10.6 Å². The van der Waals surface area contributed by atoms with E-state index in [0.717, 1.165) is 37.0 Å². The molecule has 0 radical (unpaired) electrons. The lowest BCUT2D eigenvalue weighted by molar-refractivity contribution is 0.719. The summed E-state index contributed by atoms with van der Waals surface area (Å²) in [5.41, 5.74) is 18.4. The molecule has 2 heterocycles. The van der Waals surface area contributed by atoms with Gasteiger partial charge in [0.2, 0.25) is 5.95 Å². The van der Waals surface area contributed by atoms with Crippen LogP contribution in [0.3, 0.4) is 0 Å². The molecule has 0 amide bonds. The number of nitrogens with one attached hydrogen (secondary N) is 2. The quantitative estimate of drug-likeness (QED) is 0.159. The van der Waals surface area contributed by atoms with Gasteiger partial charge in [-0.2, -0.15) is 0 Å². The monoisotopic (exact) mass is 688 g/mol. The first-order valence-electron chi connectivity index (χ1n) is 18.6. The number of aromatic nitrogens is 4. The van der Waals surface area contributed by atoms with Crippen molar-refractivity contribution in [3.05, 3.63) is 178 Å². The van der Waals surface area contributed by atoms with Gasteiger partial charge in [0, 0.05) is 35.7 Å². The highest BCUT2D eigenvalue weighted by atomic mass is 15.2. The summed E-state index contributed by atoms with van der Waals surface area (Å²) in [5, 5.41) is 9.25. The highest BCUT2D eigenvalue weighted by Gasteiger charge is 2.29. The van der Waals surface area contributed by atoms with Crippen molar-refractivity contribution in [2.45, 2.75) is 24.7 Å². The minimum absolute atomic E-state index is 0.358. The molecule has 2 aliphatic rings. The van der Waals surface area contributed by atoms with E-state index in [0.29, 0.717) is 17.8 Å². The number of fused-ring (bicyclic) bond motifs is 9. The number of rotatable bonds is 9. The van der Waals surface area contributed by atoms with Crippen LogP contribution in [0.5, 0.6) is 0 Å². The van der Waals surface area contributed by atoms with Gasteiger partial charge in [-0.15, -0.1) is 0 Å². The summed E-state index contributed by atoms with van der Waals surface area (Å²) in [6.45, 7) is 1.84. The summed E-state index contributed by atoms with van der Waals surface area (Å²) in [6, 6.07) is 45.5. The van der Waals surface area contributed by atoms with Crippen molar-refractivity contribution in [3.8, 4) is 28.2 Å². The van der Waals surface area contributed by atoms with Crippen LogP contribution in [0.1, 0.15) is 56.3 Å². The van der Waals surface area contributed by atoms with Gasteiger partial charge >= 0.3 is 0 Å². The second kappa shape index (κ2) is 12.9. The van der Waals surface area contributed by atoms with Crippen molar-refractivity contribution in [1.82, 2.24) is 30.2 Å². The first-order valence-corrected chi connectivity index (χ1v) is 18.6. The van der Waals surface area contributed by atoms with E-state index < -0.39 is 0 Å². The third kappa shape index (κ3) is 5.28. The molecule has 0 bridgehead atoms. The number of hydrogen-bond donors (Lipinski definition) is 2. The molecule has 0 aliphatic heterocycles. The van der Waals surface area contributed by atoms with E-state index in [1.165, 1.54) is 77.5 Å². The van der Waals surface area contributed by atoms with Gasteiger partial charge in [-0.3, -0.25) is 4.57 Å². The zero-order valence-electron chi connectivity index (χ0n) is 30.0. The third-order valence-electron chi connectivity index (χ3n) is 11.4. The van der Waals surface area contributed by atoms with E-state index >= 15 is 0 Å². The maximum absolute atomic E-state index is 4.65.